The van der Waals surface area contributed by atoms with Gasteiger partial charge in [-0.25, -0.2) is 4.39 Å². The van der Waals surface area contributed by atoms with E-state index in [-0.39, 0.29) is 6.42 Å². The fraction of sp³-hybridized carbons (Fsp3) is 0.333. The zero-order valence-electron chi connectivity index (χ0n) is 9.39. The van der Waals surface area contributed by atoms with Crippen molar-refractivity contribution >= 4 is 11.8 Å². The summed E-state index contributed by atoms with van der Waals surface area (Å²) in [5.41, 5.74) is 0.767. The lowest BCUT2D eigenvalue weighted by atomic mass is 10.1. The number of benzene rings is 1. The molecular weight excluding hydrogens is 225 g/mol. The SMILES string of the molecule is CC(=O)C(F)NC(Cc1ccccc1)C(=O)O. The number of halogens is 1. The number of hydrogen-bond acceptors (Lipinski definition) is 3. The highest BCUT2D eigenvalue weighted by Crippen LogP contribution is 2.05. The van der Waals surface area contributed by atoms with Crippen molar-refractivity contribution in [3.05, 3.63) is 35.9 Å². The summed E-state index contributed by atoms with van der Waals surface area (Å²) in [5.74, 6) is -1.91. The molecule has 0 saturated carbocycles. The quantitative estimate of drug-likeness (QED) is 0.731. The summed E-state index contributed by atoms with van der Waals surface area (Å²) in [6.07, 6.45) is -1.82. The summed E-state index contributed by atoms with van der Waals surface area (Å²) < 4.78 is 13.1. The molecule has 0 bridgehead atoms. The van der Waals surface area contributed by atoms with Gasteiger partial charge in [-0.2, -0.15) is 0 Å². The Balaban J connectivity index is 2.67. The highest BCUT2D eigenvalue weighted by molar-refractivity contribution is 5.81. The van der Waals surface area contributed by atoms with E-state index >= 15 is 0 Å². The van der Waals surface area contributed by atoms with Crippen molar-refractivity contribution in [2.24, 2.45) is 0 Å². The molecule has 92 valence electrons. The van der Waals surface area contributed by atoms with Crippen LogP contribution in [0.15, 0.2) is 30.3 Å². The lowest BCUT2D eigenvalue weighted by Crippen LogP contribution is -2.45. The maximum absolute atomic E-state index is 13.1. The van der Waals surface area contributed by atoms with Gasteiger partial charge in [-0.15, -0.1) is 0 Å². The second-order valence-electron chi connectivity index (χ2n) is 3.72. The topological polar surface area (TPSA) is 66.4 Å². The average Bonchev–Trinajstić information content (AvgIpc) is 2.29. The minimum Gasteiger partial charge on any atom is -0.480 e. The number of ketones is 1. The van der Waals surface area contributed by atoms with Gasteiger partial charge in [-0.1, -0.05) is 30.3 Å². The maximum atomic E-state index is 13.1. The van der Waals surface area contributed by atoms with Crippen LogP contribution in [0.2, 0.25) is 0 Å². The van der Waals surface area contributed by atoms with E-state index in [2.05, 4.69) is 5.32 Å². The van der Waals surface area contributed by atoms with E-state index < -0.39 is 24.1 Å². The second kappa shape index (κ2) is 6.10. The van der Waals surface area contributed by atoms with Crippen molar-refractivity contribution < 1.29 is 19.1 Å². The van der Waals surface area contributed by atoms with E-state index in [1.165, 1.54) is 0 Å². The summed E-state index contributed by atoms with van der Waals surface area (Å²) >= 11 is 0. The average molecular weight is 239 g/mol. The molecule has 1 aromatic rings. The molecule has 0 aliphatic heterocycles. The van der Waals surface area contributed by atoms with Gasteiger partial charge >= 0.3 is 5.97 Å². The van der Waals surface area contributed by atoms with Gasteiger partial charge in [0, 0.05) is 0 Å². The molecule has 0 heterocycles. The van der Waals surface area contributed by atoms with Crippen LogP contribution in [0.1, 0.15) is 12.5 Å². The Morgan fingerprint density at radius 1 is 1.35 bits per heavy atom. The Morgan fingerprint density at radius 3 is 2.41 bits per heavy atom. The number of carbonyl (C=O) groups excluding carboxylic acids is 1. The standard InChI is InChI=1S/C12H14FNO3/c1-8(15)11(13)14-10(12(16)17)7-9-5-3-2-4-6-9/h2-6,10-11,14H,7H2,1H3,(H,16,17). The van der Waals surface area contributed by atoms with E-state index in [1.54, 1.807) is 30.3 Å². The zero-order chi connectivity index (χ0) is 12.8. The number of nitrogens with one attached hydrogen (secondary N) is 1. The predicted molar refractivity (Wildman–Crippen MR) is 60.3 cm³/mol. The molecule has 1 aromatic carbocycles. The number of carboxylic acid groups (broad SMARTS) is 1. The molecule has 0 radical (unpaired) electrons. The molecule has 0 spiro atoms. The van der Waals surface area contributed by atoms with Crippen LogP contribution in [0.5, 0.6) is 0 Å². The lowest BCUT2D eigenvalue weighted by Gasteiger charge is -2.16. The minimum absolute atomic E-state index is 0.129. The molecule has 5 heteroatoms. The van der Waals surface area contributed by atoms with Gasteiger partial charge in [-0.3, -0.25) is 14.9 Å². The van der Waals surface area contributed by atoms with Crippen molar-refractivity contribution in [1.82, 2.24) is 5.32 Å². The number of carboxylic acids is 1. The van der Waals surface area contributed by atoms with Gasteiger partial charge in [-0.05, 0) is 18.9 Å². The van der Waals surface area contributed by atoms with E-state index in [0.29, 0.717) is 0 Å². The third-order valence-corrected chi connectivity index (χ3v) is 2.29. The smallest absolute Gasteiger partial charge is 0.321 e. The molecule has 17 heavy (non-hydrogen) atoms. The Morgan fingerprint density at radius 2 is 1.94 bits per heavy atom. The van der Waals surface area contributed by atoms with Gasteiger partial charge < -0.3 is 5.11 Å². The van der Waals surface area contributed by atoms with Crippen LogP contribution >= 0.6 is 0 Å². The molecule has 4 nitrogen and oxygen atoms in total. The first-order valence-corrected chi connectivity index (χ1v) is 5.18. The van der Waals surface area contributed by atoms with Crippen molar-refractivity contribution in [1.29, 1.82) is 0 Å². The first kappa shape index (κ1) is 13.3. The number of carbonyl (C=O) groups is 2. The van der Waals surface area contributed by atoms with Crippen LogP contribution in [-0.4, -0.2) is 29.2 Å². The van der Waals surface area contributed by atoms with Gasteiger partial charge in [0.1, 0.15) is 6.04 Å². The number of hydrogen-bond donors (Lipinski definition) is 2. The third-order valence-electron chi connectivity index (χ3n) is 2.29. The molecular formula is C12H14FNO3. The Bertz CT molecular complexity index is 394. The van der Waals surface area contributed by atoms with Crippen molar-refractivity contribution in [3.63, 3.8) is 0 Å². The van der Waals surface area contributed by atoms with E-state index in [4.69, 9.17) is 5.11 Å². The van der Waals surface area contributed by atoms with Gasteiger partial charge in [0.05, 0.1) is 0 Å². The van der Waals surface area contributed by atoms with Crippen LogP contribution in [0.25, 0.3) is 0 Å². The van der Waals surface area contributed by atoms with Crippen molar-refractivity contribution in [2.75, 3.05) is 0 Å². The maximum Gasteiger partial charge on any atom is 0.321 e. The summed E-state index contributed by atoms with van der Waals surface area (Å²) in [4.78, 5) is 21.6. The molecule has 0 fully saturated rings. The molecule has 2 unspecified atom stereocenters. The van der Waals surface area contributed by atoms with Crippen LogP contribution in [0.4, 0.5) is 4.39 Å². The Hall–Kier alpha value is -1.75. The van der Waals surface area contributed by atoms with E-state index in [9.17, 15) is 14.0 Å². The number of Topliss-reactive ketones (excluding diaryl/α,β-unsaturated/α-hetero) is 1. The minimum atomic E-state index is -1.94. The highest BCUT2D eigenvalue weighted by Gasteiger charge is 2.23. The fourth-order valence-electron chi connectivity index (χ4n) is 1.36. The van der Waals surface area contributed by atoms with E-state index in [0.717, 1.165) is 12.5 Å². The first-order valence-electron chi connectivity index (χ1n) is 5.18. The highest BCUT2D eigenvalue weighted by atomic mass is 19.1. The molecule has 0 aliphatic carbocycles. The number of alkyl halides is 1. The van der Waals surface area contributed by atoms with Crippen LogP contribution in [0, 0.1) is 0 Å². The molecule has 2 atom stereocenters. The van der Waals surface area contributed by atoms with E-state index in [1.807, 2.05) is 0 Å². The lowest BCUT2D eigenvalue weighted by molar-refractivity contribution is -0.140. The second-order valence-corrected chi connectivity index (χ2v) is 3.72. The fourth-order valence-corrected chi connectivity index (χ4v) is 1.36. The van der Waals surface area contributed by atoms with Crippen LogP contribution < -0.4 is 5.32 Å². The van der Waals surface area contributed by atoms with Gasteiger partial charge in [0.2, 0.25) is 6.30 Å². The normalized spacial score (nSPS) is 14.0. The Kier molecular flexibility index (Phi) is 4.78. The third kappa shape index (κ3) is 4.32. The van der Waals surface area contributed by atoms with Crippen molar-refractivity contribution in [2.45, 2.75) is 25.7 Å². The number of aliphatic carboxylic acids is 1. The first-order chi connectivity index (χ1) is 8.00. The Labute approximate surface area is 98.5 Å². The zero-order valence-corrected chi connectivity index (χ0v) is 9.39. The summed E-state index contributed by atoms with van der Waals surface area (Å²) in [7, 11) is 0. The molecule has 2 N–H and O–H groups in total. The monoisotopic (exact) mass is 239 g/mol. The molecule has 1 rings (SSSR count). The largest absolute Gasteiger partial charge is 0.480 e. The summed E-state index contributed by atoms with van der Waals surface area (Å²) in [6.45, 7) is 1.07. The van der Waals surface area contributed by atoms with Gasteiger partial charge in [0.15, 0.2) is 5.78 Å². The molecule has 0 saturated heterocycles. The van der Waals surface area contributed by atoms with Gasteiger partial charge in [0.25, 0.3) is 0 Å². The molecule has 0 aromatic heterocycles. The summed E-state index contributed by atoms with van der Waals surface area (Å²) in [5, 5.41) is 11.1. The number of rotatable bonds is 6. The van der Waals surface area contributed by atoms with Crippen LogP contribution in [-0.2, 0) is 16.0 Å². The van der Waals surface area contributed by atoms with Crippen LogP contribution in [0.3, 0.4) is 0 Å². The molecule has 0 aliphatic rings. The molecule has 0 amide bonds. The predicted octanol–water partition coefficient (Wildman–Crippen LogP) is 1.16. The summed E-state index contributed by atoms with van der Waals surface area (Å²) in [6, 6.07) is 7.73. The van der Waals surface area contributed by atoms with Crippen molar-refractivity contribution in [3.8, 4) is 0 Å².